The van der Waals surface area contributed by atoms with E-state index in [1.54, 1.807) is 6.92 Å². The summed E-state index contributed by atoms with van der Waals surface area (Å²) in [6.45, 7) is 1.92. The molecule has 1 aliphatic heterocycles. The van der Waals surface area contributed by atoms with Gasteiger partial charge in [-0.05, 0) is 37.1 Å². The highest BCUT2D eigenvalue weighted by Gasteiger charge is 2.39. The van der Waals surface area contributed by atoms with Crippen molar-refractivity contribution in [2.75, 3.05) is 11.9 Å². The van der Waals surface area contributed by atoms with E-state index < -0.39 is 22.0 Å². The van der Waals surface area contributed by atoms with E-state index in [-0.39, 0.29) is 17.3 Å². The summed E-state index contributed by atoms with van der Waals surface area (Å²) >= 11 is 0. The lowest BCUT2D eigenvalue weighted by Gasteiger charge is -2.21. The van der Waals surface area contributed by atoms with E-state index >= 15 is 0 Å². The number of carboxylic acid groups (broad SMARTS) is 1. The van der Waals surface area contributed by atoms with Crippen molar-refractivity contribution in [3.05, 3.63) is 24.3 Å². The Morgan fingerprint density at radius 1 is 1.32 bits per heavy atom. The molecular weight excluding hydrogens is 308 g/mol. The maximum atomic E-state index is 12.5. The van der Waals surface area contributed by atoms with Gasteiger partial charge in [-0.15, -0.1) is 0 Å². The van der Waals surface area contributed by atoms with Crippen LogP contribution in [-0.2, 0) is 19.6 Å². The Labute approximate surface area is 129 Å². The first-order valence-electron chi connectivity index (χ1n) is 7.01. The number of amides is 1. The third-order valence-electron chi connectivity index (χ3n) is 3.55. The summed E-state index contributed by atoms with van der Waals surface area (Å²) in [5.74, 6) is -1.30. The van der Waals surface area contributed by atoms with Crippen LogP contribution in [0.15, 0.2) is 29.2 Å². The van der Waals surface area contributed by atoms with Crippen molar-refractivity contribution < 1.29 is 23.1 Å². The Bertz CT molecular complexity index is 669. The molecule has 1 fully saturated rings. The molecule has 1 saturated heterocycles. The number of carbonyl (C=O) groups excluding carboxylic acids is 1. The minimum Gasteiger partial charge on any atom is -0.480 e. The molecular formula is C14H18N2O5S. The van der Waals surface area contributed by atoms with Gasteiger partial charge >= 0.3 is 5.97 Å². The summed E-state index contributed by atoms with van der Waals surface area (Å²) in [6.07, 6.45) is 1.17. The highest BCUT2D eigenvalue weighted by Crippen LogP contribution is 2.26. The number of carboxylic acids is 1. The van der Waals surface area contributed by atoms with E-state index in [1.165, 1.54) is 24.3 Å². The molecule has 0 bridgehead atoms. The van der Waals surface area contributed by atoms with Crippen molar-refractivity contribution in [1.29, 1.82) is 0 Å². The number of nitrogens with zero attached hydrogens (tertiary/aromatic N) is 1. The minimum absolute atomic E-state index is 0.0233. The highest BCUT2D eigenvalue weighted by atomic mass is 32.2. The fourth-order valence-corrected chi connectivity index (χ4v) is 4.02. The third-order valence-corrected chi connectivity index (χ3v) is 5.48. The quantitative estimate of drug-likeness (QED) is 0.848. The Kier molecular flexibility index (Phi) is 4.82. The molecule has 7 nitrogen and oxygen atoms in total. The molecule has 0 spiro atoms. The number of hydrogen-bond donors (Lipinski definition) is 2. The van der Waals surface area contributed by atoms with Gasteiger partial charge in [0.25, 0.3) is 0 Å². The number of benzene rings is 1. The zero-order chi connectivity index (χ0) is 16.3. The molecule has 1 heterocycles. The Hall–Kier alpha value is -1.93. The smallest absolute Gasteiger partial charge is 0.322 e. The zero-order valence-corrected chi connectivity index (χ0v) is 13.0. The molecule has 2 rings (SSSR count). The van der Waals surface area contributed by atoms with Crippen LogP contribution in [-0.4, -0.2) is 42.3 Å². The monoisotopic (exact) mass is 326 g/mol. The number of carbonyl (C=O) groups is 2. The zero-order valence-electron chi connectivity index (χ0n) is 12.2. The van der Waals surface area contributed by atoms with Crippen LogP contribution in [0, 0.1) is 0 Å². The molecule has 1 amide bonds. The van der Waals surface area contributed by atoms with Crippen molar-refractivity contribution in [2.24, 2.45) is 0 Å². The lowest BCUT2D eigenvalue weighted by molar-refractivity contribution is -0.140. The van der Waals surface area contributed by atoms with Gasteiger partial charge in [0.1, 0.15) is 6.04 Å². The number of aliphatic carboxylic acids is 1. The first-order chi connectivity index (χ1) is 10.4. The standard InChI is InChI=1S/C14H18N2O5S/c1-2-13(17)15-10-5-7-11(8-6-10)22(20,21)16-9-3-4-12(16)14(18)19/h5-8,12H,2-4,9H2,1H3,(H,15,17)(H,18,19). The van der Waals surface area contributed by atoms with Gasteiger partial charge in [-0.25, -0.2) is 8.42 Å². The second kappa shape index (κ2) is 6.45. The van der Waals surface area contributed by atoms with Crippen LogP contribution >= 0.6 is 0 Å². The van der Waals surface area contributed by atoms with Gasteiger partial charge in [0.2, 0.25) is 15.9 Å². The maximum Gasteiger partial charge on any atom is 0.322 e. The molecule has 2 N–H and O–H groups in total. The molecule has 22 heavy (non-hydrogen) atoms. The first kappa shape index (κ1) is 16.4. The average Bonchev–Trinajstić information content (AvgIpc) is 2.98. The second-order valence-electron chi connectivity index (χ2n) is 5.04. The summed E-state index contributed by atoms with van der Waals surface area (Å²) in [7, 11) is -3.84. The van der Waals surface area contributed by atoms with Gasteiger partial charge in [0.05, 0.1) is 4.90 Å². The minimum atomic E-state index is -3.84. The van der Waals surface area contributed by atoms with Crippen molar-refractivity contribution in [1.82, 2.24) is 4.31 Å². The van der Waals surface area contributed by atoms with Gasteiger partial charge in [-0.3, -0.25) is 9.59 Å². The van der Waals surface area contributed by atoms with Gasteiger partial charge in [-0.2, -0.15) is 4.31 Å². The normalized spacial score (nSPS) is 19.0. The van der Waals surface area contributed by atoms with E-state index in [1.807, 2.05) is 0 Å². The highest BCUT2D eigenvalue weighted by molar-refractivity contribution is 7.89. The number of hydrogen-bond acceptors (Lipinski definition) is 4. The number of rotatable bonds is 5. The molecule has 0 aromatic heterocycles. The number of sulfonamides is 1. The Morgan fingerprint density at radius 2 is 1.95 bits per heavy atom. The molecule has 8 heteroatoms. The van der Waals surface area contributed by atoms with Crippen molar-refractivity contribution in [3.63, 3.8) is 0 Å². The van der Waals surface area contributed by atoms with Crippen LogP contribution < -0.4 is 5.32 Å². The van der Waals surface area contributed by atoms with Gasteiger partial charge < -0.3 is 10.4 Å². The van der Waals surface area contributed by atoms with Gasteiger partial charge in [-0.1, -0.05) is 6.92 Å². The van der Waals surface area contributed by atoms with Gasteiger partial charge in [0.15, 0.2) is 0 Å². The molecule has 120 valence electrons. The molecule has 1 aromatic rings. The first-order valence-corrected chi connectivity index (χ1v) is 8.45. The molecule has 0 aliphatic carbocycles. The van der Waals surface area contributed by atoms with Crippen LogP contribution in [0.1, 0.15) is 26.2 Å². The Morgan fingerprint density at radius 3 is 2.50 bits per heavy atom. The lowest BCUT2D eigenvalue weighted by Crippen LogP contribution is -2.40. The molecule has 1 atom stereocenters. The van der Waals surface area contributed by atoms with E-state index in [9.17, 15) is 18.0 Å². The Balaban J connectivity index is 2.23. The van der Waals surface area contributed by atoms with Crippen LogP contribution in [0.5, 0.6) is 0 Å². The van der Waals surface area contributed by atoms with Crippen LogP contribution in [0.25, 0.3) is 0 Å². The molecule has 0 radical (unpaired) electrons. The van der Waals surface area contributed by atoms with E-state index in [4.69, 9.17) is 5.11 Å². The van der Waals surface area contributed by atoms with Gasteiger partial charge in [0, 0.05) is 18.7 Å². The lowest BCUT2D eigenvalue weighted by atomic mass is 10.2. The number of anilines is 1. The predicted molar refractivity (Wildman–Crippen MR) is 79.9 cm³/mol. The SMILES string of the molecule is CCC(=O)Nc1ccc(S(=O)(=O)N2CCCC2C(=O)O)cc1. The van der Waals surface area contributed by atoms with E-state index in [2.05, 4.69) is 5.32 Å². The summed E-state index contributed by atoms with van der Waals surface area (Å²) in [4.78, 5) is 22.5. The van der Waals surface area contributed by atoms with Crippen molar-refractivity contribution in [3.8, 4) is 0 Å². The molecule has 0 saturated carbocycles. The summed E-state index contributed by atoms with van der Waals surface area (Å²) in [6, 6.07) is 4.72. The molecule has 1 aromatic carbocycles. The third kappa shape index (κ3) is 3.28. The van der Waals surface area contributed by atoms with Crippen LogP contribution in [0.3, 0.4) is 0 Å². The van der Waals surface area contributed by atoms with E-state index in [0.717, 1.165) is 4.31 Å². The summed E-state index contributed by atoms with van der Waals surface area (Å²) in [5, 5.41) is 11.7. The average molecular weight is 326 g/mol. The van der Waals surface area contributed by atoms with Crippen LogP contribution in [0.4, 0.5) is 5.69 Å². The summed E-state index contributed by atoms with van der Waals surface area (Å²) < 4.78 is 26.1. The van der Waals surface area contributed by atoms with Crippen LogP contribution in [0.2, 0.25) is 0 Å². The molecule has 1 aliphatic rings. The second-order valence-corrected chi connectivity index (χ2v) is 6.93. The maximum absolute atomic E-state index is 12.5. The predicted octanol–water partition coefficient (Wildman–Crippen LogP) is 1.27. The fourth-order valence-electron chi connectivity index (χ4n) is 2.37. The number of nitrogens with one attached hydrogen (secondary N) is 1. The van der Waals surface area contributed by atoms with Crippen molar-refractivity contribution >= 4 is 27.6 Å². The van der Waals surface area contributed by atoms with Crippen molar-refractivity contribution in [2.45, 2.75) is 37.1 Å². The molecule has 1 unspecified atom stereocenters. The van der Waals surface area contributed by atoms with E-state index in [0.29, 0.717) is 24.9 Å². The summed E-state index contributed by atoms with van der Waals surface area (Å²) in [5.41, 5.74) is 0.502. The topological polar surface area (TPSA) is 104 Å². The fraction of sp³-hybridized carbons (Fsp3) is 0.429. The largest absolute Gasteiger partial charge is 0.480 e.